The van der Waals surface area contributed by atoms with Crippen molar-refractivity contribution >= 4 is 26.8 Å². The molecule has 0 spiro atoms. The first-order valence-electron chi connectivity index (χ1n) is 3.64. The molecule has 1 fully saturated rings. The molecule has 6 heteroatoms. The van der Waals surface area contributed by atoms with Crippen LogP contribution in [0.2, 0.25) is 0 Å². The van der Waals surface area contributed by atoms with Gasteiger partial charge in [-0.15, -0.1) is 0 Å². The fraction of sp³-hybridized carbons (Fsp3) is 0.833. The Morgan fingerprint density at radius 1 is 1.75 bits per heavy atom. The molecule has 0 aromatic heterocycles. The monoisotopic (exact) mass is 206 g/mol. The summed E-state index contributed by atoms with van der Waals surface area (Å²) in [5.41, 5.74) is 5.07. The average molecular weight is 206 g/mol. The van der Waals surface area contributed by atoms with Gasteiger partial charge in [-0.1, -0.05) is 11.8 Å². The largest absolute Gasteiger partial charge is 0.379 e. The first-order valence-corrected chi connectivity index (χ1v) is 6.34. The van der Waals surface area contributed by atoms with Gasteiger partial charge in [0, 0.05) is 0 Å². The van der Waals surface area contributed by atoms with Gasteiger partial charge in [0.15, 0.2) is 15.0 Å². The minimum Gasteiger partial charge on any atom is -0.379 e. The third-order valence-corrected chi connectivity index (χ3v) is 5.61. The maximum atomic E-state index is 11.2. The Bertz CT molecular complexity index is 349. The molecule has 2 rings (SSSR count). The number of nitrogens with zero attached hydrogens (tertiary/aromatic N) is 1. The predicted octanol–water partition coefficient (Wildman–Crippen LogP) is -0.396. The summed E-state index contributed by atoms with van der Waals surface area (Å²) in [5.74, 6) is 0.372. The molecule has 2 aliphatic rings. The van der Waals surface area contributed by atoms with Crippen LogP contribution < -0.4 is 5.73 Å². The third-order valence-electron chi connectivity index (χ3n) is 2.24. The zero-order valence-corrected chi connectivity index (χ0v) is 8.28. The zero-order chi connectivity index (χ0) is 8.98. The Labute approximate surface area is 75.5 Å². The topological polar surface area (TPSA) is 72.5 Å². The Balaban J connectivity index is 2.39. The highest BCUT2D eigenvalue weighted by atomic mass is 32.2. The summed E-state index contributed by atoms with van der Waals surface area (Å²) in [6.45, 7) is 1.86. The molecule has 0 radical (unpaired) electrons. The molecule has 2 aliphatic heterocycles. The van der Waals surface area contributed by atoms with Gasteiger partial charge < -0.3 is 5.73 Å². The maximum Gasteiger partial charge on any atom is 0.154 e. The molecule has 1 saturated heterocycles. The molecule has 0 aromatic rings. The highest BCUT2D eigenvalue weighted by molar-refractivity contribution is 8.15. The van der Waals surface area contributed by atoms with Gasteiger partial charge in [0.1, 0.15) is 0 Å². The van der Waals surface area contributed by atoms with E-state index in [1.54, 1.807) is 0 Å². The van der Waals surface area contributed by atoms with E-state index in [0.717, 1.165) is 0 Å². The smallest absolute Gasteiger partial charge is 0.154 e. The first-order chi connectivity index (χ1) is 5.41. The van der Waals surface area contributed by atoms with Crippen LogP contribution in [0.5, 0.6) is 0 Å². The van der Waals surface area contributed by atoms with Crippen molar-refractivity contribution in [3.63, 3.8) is 0 Å². The van der Waals surface area contributed by atoms with Gasteiger partial charge >= 0.3 is 0 Å². The van der Waals surface area contributed by atoms with E-state index in [9.17, 15) is 8.42 Å². The second-order valence-corrected chi connectivity index (χ2v) is 6.80. The number of thioether (sulfide) groups is 1. The summed E-state index contributed by atoms with van der Waals surface area (Å²) < 4.78 is 22.5. The van der Waals surface area contributed by atoms with Crippen molar-refractivity contribution in [3.05, 3.63) is 0 Å². The van der Waals surface area contributed by atoms with Crippen molar-refractivity contribution < 1.29 is 8.42 Å². The second kappa shape index (κ2) is 2.17. The van der Waals surface area contributed by atoms with Gasteiger partial charge in [-0.3, -0.25) is 4.99 Å². The molecule has 2 N–H and O–H groups in total. The molecule has 4 nitrogen and oxygen atoms in total. The summed E-state index contributed by atoms with van der Waals surface area (Å²) in [5, 5.41) is 0.569. The minimum absolute atomic E-state index is 0.0440. The van der Waals surface area contributed by atoms with Crippen LogP contribution in [-0.2, 0) is 9.84 Å². The lowest BCUT2D eigenvalue weighted by molar-refractivity contribution is 0.554. The Hall–Kier alpha value is -0.230. The SMILES string of the molecule is C[C@]12CS(=O)(=O)C[C@H]1SC(N)=N2. The van der Waals surface area contributed by atoms with Gasteiger partial charge in [-0.05, 0) is 6.92 Å². The van der Waals surface area contributed by atoms with Crippen LogP contribution >= 0.6 is 11.8 Å². The number of aliphatic imine (C=N–C) groups is 1. The van der Waals surface area contributed by atoms with Crippen LogP contribution in [-0.4, -0.2) is 35.9 Å². The van der Waals surface area contributed by atoms with E-state index in [2.05, 4.69) is 4.99 Å². The zero-order valence-electron chi connectivity index (χ0n) is 6.65. The summed E-state index contributed by atoms with van der Waals surface area (Å²) >= 11 is 1.39. The van der Waals surface area contributed by atoms with Crippen molar-refractivity contribution in [2.24, 2.45) is 10.7 Å². The minimum atomic E-state index is -2.87. The van der Waals surface area contributed by atoms with E-state index in [1.807, 2.05) is 6.92 Å². The summed E-state index contributed by atoms with van der Waals surface area (Å²) in [6.07, 6.45) is 0. The molecular formula is C6H10N2O2S2. The molecule has 0 unspecified atom stereocenters. The molecule has 12 heavy (non-hydrogen) atoms. The molecular weight excluding hydrogens is 196 g/mol. The van der Waals surface area contributed by atoms with Crippen LogP contribution in [0.3, 0.4) is 0 Å². The number of amidine groups is 1. The van der Waals surface area contributed by atoms with Crippen LogP contribution in [0, 0.1) is 0 Å². The number of hydrogen-bond acceptors (Lipinski definition) is 5. The van der Waals surface area contributed by atoms with E-state index in [4.69, 9.17) is 5.73 Å². The van der Waals surface area contributed by atoms with E-state index in [-0.39, 0.29) is 16.8 Å². The average Bonchev–Trinajstić information content (AvgIpc) is 2.11. The van der Waals surface area contributed by atoms with E-state index < -0.39 is 15.4 Å². The van der Waals surface area contributed by atoms with Crippen molar-refractivity contribution in [1.29, 1.82) is 0 Å². The summed E-state index contributed by atoms with van der Waals surface area (Å²) in [4.78, 5) is 4.16. The molecule has 0 aromatic carbocycles. The van der Waals surface area contributed by atoms with Gasteiger partial charge in [-0.2, -0.15) is 0 Å². The van der Waals surface area contributed by atoms with E-state index in [0.29, 0.717) is 5.17 Å². The van der Waals surface area contributed by atoms with Crippen molar-refractivity contribution in [3.8, 4) is 0 Å². The van der Waals surface area contributed by atoms with E-state index in [1.165, 1.54) is 11.8 Å². The summed E-state index contributed by atoms with van der Waals surface area (Å²) in [6, 6.07) is 0. The quantitative estimate of drug-likeness (QED) is 0.585. The maximum absolute atomic E-state index is 11.2. The van der Waals surface area contributed by atoms with Crippen molar-refractivity contribution in [1.82, 2.24) is 0 Å². The molecule has 0 aliphatic carbocycles. The molecule has 68 valence electrons. The van der Waals surface area contributed by atoms with Crippen LogP contribution in [0.15, 0.2) is 4.99 Å². The van der Waals surface area contributed by atoms with Crippen LogP contribution in [0.4, 0.5) is 0 Å². The van der Waals surface area contributed by atoms with Gasteiger partial charge in [-0.25, -0.2) is 8.42 Å². The molecule has 2 atom stereocenters. The third kappa shape index (κ3) is 1.13. The number of rotatable bonds is 0. The first kappa shape index (κ1) is 8.37. The number of hydrogen-bond donors (Lipinski definition) is 1. The van der Waals surface area contributed by atoms with Crippen molar-refractivity contribution in [2.75, 3.05) is 11.5 Å². The molecule has 0 saturated carbocycles. The second-order valence-electron chi connectivity index (χ2n) is 3.47. The van der Waals surface area contributed by atoms with E-state index >= 15 is 0 Å². The highest BCUT2D eigenvalue weighted by Crippen LogP contribution is 2.40. The Morgan fingerprint density at radius 3 is 3.00 bits per heavy atom. The van der Waals surface area contributed by atoms with Gasteiger partial charge in [0.05, 0.1) is 22.3 Å². The predicted molar refractivity (Wildman–Crippen MR) is 50.1 cm³/mol. The fourth-order valence-electron chi connectivity index (χ4n) is 1.70. The number of nitrogens with two attached hydrogens (primary N) is 1. The lowest BCUT2D eigenvalue weighted by atomic mass is 10.0. The molecule has 0 bridgehead atoms. The summed E-state index contributed by atoms with van der Waals surface area (Å²) in [7, 11) is -2.87. The normalized spacial score (nSPS) is 44.1. The molecule has 0 amide bonds. The lowest BCUT2D eigenvalue weighted by Gasteiger charge is -2.15. The van der Waals surface area contributed by atoms with Crippen LogP contribution in [0.25, 0.3) is 0 Å². The number of sulfone groups is 1. The highest BCUT2D eigenvalue weighted by Gasteiger charge is 2.51. The standard InChI is InChI=1S/C6H10N2O2S2/c1-6-3-12(9,10)2-4(6)11-5(7)8-6/h4H,2-3H2,1H3,(H2,7,8)/t4-,6+/m1/s1. The van der Waals surface area contributed by atoms with Crippen LogP contribution in [0.1, 0.15) is 6.92 Å². The fourth-order valence-corrected chi connectivity index (χ4v) is 5.73. The Kier molecular flexibility index (Phi) is 1.51. The van der Waals surface area contributed by atoms with Gasteiger partial charge in [0.25, 0.3) is 0 Å². The number of fused-ring (bicyclic) bond motifs is 1. The Morgan fingerprint density at radius 2 is 2.42 bits per heavy atom. The van der Waals surface area contributed by atoms with Gasteiger partial charge in [0.2, 0.25) is 0 Å². The molecule has 2 heterocycles. The van der Waals surface area contributed by atoms with Crippen molar-refractivity contribution in [2.45, 2.75) is 17.7 Å². The lowest BCUT2D eigenvalue weighted by Crippen LogP contribution is -2.30.